The maximum Gasteiger partial charge on any atom is 0.0629 e. The van der Waals surface area contributed by atoms with E-state index >= 15 is 0 Å². The largest absolute Gasteiger partial charge is 0.135 e. The summed E-state index contributed by atoms with van der Waals surface area (Å²) in [6.07, 6.45) is 0. The van der Waals surface area contributed by atoms with Gasteiger partial charge in [0, 0.05) is 20.2 Å². The molecule has 0 bridgehead atoms. The molecule has 0 aliphatic rings. The summed E-state index contributed by atoms with van der Waals surface area (Å²) in [5, 5.41) is 5.60. The minimum absolute atomic E-state index is 0.212. The van der Waals surface area contributed by atoms with E-state index in [4.69, 9.17) is 11.0 Å². The molecule has 0 radical (unpaired) electrons. The molecule has 9 aromatic rings. The third-order valence-electron chi connectivity index (χ3n) is 8.29. The third kappa shape index (κ3) is 3.82. The van der Waals surface area contributed by atoms with Crippen LogP contribution in [0.1, 0.15) is 11.0 Å². The summed E-state index contributed by atoms with van der Waals surface area (Å²) in [7, 11) is 0. The van der Waals surface area contributed by atoms with Gasteiger partial charge in [0.2, 0.25) is 0 Å². The molecule has 0 aliphatic heterocycles. The summed E-state index contributed by atoms with van der Waals surface area (Å²) in [5.41, 5.74) is 3.88. The Morgan fingerprint density at radius 2 is 0.953 bits per heavy atom. The molecule has 200 valence electrons. The van der Waals surface area contributed by atoms with Crippen LogP contribution in [0.5, 0.6) is 0 Å². The molecule has 0 aliphatic carbocycles. The van der Waals surface area contributed by atoms with Gasteiger partial charge in [0.05, 0.1) is 11.0 Å². The third-order valence-corrected chi connectivity index (χ3v) is 9.49. The Morgan fingerprint density at radius 3 is 1.58 bits per heavy atom. The Bertz CT molecular complexity index is 2850. The molecular formula is C42H26S. The fourth-order valence-electron chi connectivity index (χ4n) is 6.33. The van der Waals surface area contributed by atoms with E-state index in [1.54, 1.807) is 35.6 Å². The summed E-state index contributed by atoms with van der Waals surface area (Å²) < 4.78 is 73.4. The second-order valence-electron chi connectivity index (χ2n) is 10.7. The Kier molecular flexibility index (Phi) is 3.97. The minimum Gasteiger partial charge on any atom is -0.135 e. The van der Waals surface area contributed by atoms with Crippen molar-refractivity contribution < 1.29 is 11.0 Å². The summed E-state index contributed by atoms with van der Waals surface area (Å²) in [4.78, 5) is 0. The average Bonchev–Trinajstić information content (AvgIpc) is 3.53. The molecule has 9 rings (SSSR count). The van der Waals surface area contributed by atoms with Gasteiger partial charge in [0.15, 0.2) is 0 Å². The second-order valence-corrected chi connectivity index (χ2v) is 11.7. The quantitative estimate of drug-likeness (QED) is 0.185. The molecule has 1 heteroatoms. The lowest BCUT2D eigenvalue weighted by Crippen LogP contribution is -1.90. The zero-order valence-corrected chi connectivity index (χ0v) is 23.6. The van der Waals surface area contributed by atoms with E-state index in [2.05, 4.69) is 42.5 Å². The lowest BCUT2D eigenvalue weighted by atomic mass is 9.86. The van der Waals surface area contributed by atoms with E-state index in [0.29, 0.717) is 22.3 Å². The molecule has 0 N–H and O–H groups in total. The van der Waals surface area contributed by atoms with E-state index in [0.717, 1.165) is 15.8 Å². The van der Waals surface area contributed by atoms with Crippen LogP contribution in [0.25, 0.3) is 85.9 Å². The first kappa shape index (κ1) is 17.7. The molecule has 0 nitrogen and oxygen atoms in total. The van der Waals surface area contributed by atoms with Crippen molar-refractivity contribution in [3.05, 3.63) is 158 Å². The Morgan fingerprint density at radius 1 is 0.419 bits per heavy atom. The van der Waals surface area contributed by atoms with E-state index < -0.39 is 24.2 Å². The maximum atomic E-state index is 9.16. The first-order chi connectivity index (χ1) is 24.7. The van der Waals surface area contributed by atoms with Crippen molar-refractivity contribution in [1.29, 1.82) is 0 Å². The van der Waals surface area contributed by atoms with Crippen molar-refractivity contribution in [3.8, 4) is 33.4 Å². The minimum atomic E-state index is -0.409. The monoisotopic (exact) mass is 570 g/mol. The zero-order chi connectivity index (χ0) is 35.3. The molecule has 43 heavy (non-hydrogen) atoms. The van der Waals surface area contributed by atoms with Gasteiger partial charge < -0.3 is 0 Å². The van der Waals surface area contributed by atoms with E-state index in [1.807, 2.05) is 42.5 Å². The van der Waals surface area contributed by atoms with Gasteiger partial charge in [-0.1, -0.05) is 145 Å². The predicted molar refractivity (Wildman–Crippen MR) is 188 cm³/mol. The summed E-state index contributed by atoms with van der Waals surface area (Å²) in [6, 6.07) is 33.2. The first-order valence-electron chi connectivity index (χ1n) is 18.1. The molecule has 0 spiro atoms. The summed E-state index contributed by atoms with van der Waals surface area (Å²) >= 11 is 1.75. The smallest absolute Gasteiger partial charge is 0.0629 e. The first-order valence-corrected chi connectivity index (χ1v) is 14.9. The average molecular weight is 571 g/mol. The fraction of sp³-hybridized carbons (Fsp3) is 0. The predicted octanol–water partition coefficient (Wildman–Crippen LogP) is 12.5. The Hall–Kier alpha value is -5.24. The molecule has 0 unspecified atom stereocenters. The topological polar surface area (TPSA) is 0 Å². The highest BCUT2D eigenvalue weighted by atomic mass is 32.1. The molecule has 8 aromatic carbocycles. The van der Waals surface area contributed by atoms with Crippen molar-refractivity contribution in [3.63, 3.8) is 0 Å². The highest BCUT2D eigenvalue weighted by Crippen LogP contribution is 2.45. The number of hydrogen-bond acceptors (Lipinski definition) is 1. The molecule has 1 heterocycles. The van der Waals surface area contributed by atoms with Crippen LogP contribution in [0, 0.1) is 0 Å². The number of fused-ring (bicyclic) bond motifs is 6. The molecule has 0 saturated heterocycles. The SMILES string of the molecule is [2H]c1c([2H])c([2H])c2c(-c3ccc(-c4cccc5c4sc4cc6ccccc6cc45)cc3)c3c([2H])c([2H])c([2H])c([2H])c3c(-c3ccccc3)c2c1[2H]. The summed E-state index contributed by atoms with van der Waals surface area (Å²) in [6.45, 7) is 0. The van der Waals surface area contributed by atoms with Gasteiger partial charge in [-0.2, -0.15) is 0 Å². The van der Waals surface area contributed by atoms with Crippen LogP contribution < -0.4 is 0 Å². The van der Waals surface area contributed by atoms with Crippen LogP contribution in [-0.4, -0.2) is 0 Å². The molecule has 0 saturated carbocycles. The van der Waals surface area contributed by atoms with Gasteiger partial charge in [0.1, 0.15) is 0 Å². The lowest BCUT2D eigenvalue weighted by molar-refractivity contribution is 1.64. The van der Waals surface area contributed by atoms with E-state index in [9.17, 15) is 0 Å². The van der Waals surface area contributed by atoms with Crippen molar-refractivity contribution >= 4 is 63.8 Å². The van der Waals surface area contributed by atoms with Crippen molar-refractivity contribution in [2.45, 2.75) is 0 Å². The maximum absolute atomic E-state index is 9.16. The van der Waals surface area contributed by atoms with Crippen LogP contribution in [0.4, 0.5) is 0 Å². The van der Waals surface area contributed by atoms with Crippen molar-refractivity contribution in [2.24, 2.45) is 0 Å². The van der Waals surface area contributed by atoms with Crippen LogP contribution in [0.2, 0.25) is 0 Å². The van der Waals surface area contributed by atoms with Gasteiger partial charge in [0.25, 0.3) is 0 Å². The second kappa shape index (κ2) is 9.66. The van der Waals surface area contributed by atoms with Gasteiger partial charge in [-0.25, -0.2) is 0 Å². The lowest BCUT2D eigenvalue weighted by Gasteiger charge is -2.18. The van der Waals surface area contributed by atoms with Crippen molar-refractivity contribution in [2.75, 3.05) is 0 Å². The van der Waals surface area contributed by atoms with Crippen LogP contribution in [0.15, 0.2) is 158 Å². The normalized spacial score (nSPS) is 14.3. The Balaban J connectivity index is 1.35. The van der Waals surface area contributed by atoms with Crippen LogP contribution in [-0.2, 0) is 0 Å². The number of benzene rings is 8. The van der Waals surface area contributed by atoms with Crippen molar-refractivity contribution in [1.82, 2.24) is 0 Å². The number of rotatable bonds is 3. The van der Waals surface area contributed by atoms with Gasteiger partial charge >= 0.3 is 0 Å². The molecule has 0 atom stereocenters. The molecule has 0 fully saturated rings. The summed E-state index contributed by atoms with van der Waals surface area (Å²) in [5.74, 6) is 0. The van der Waals surface area contributed by atoms with Gasteiger partial charge in [-0.3, -0.25) is 0 Å². The number of hydrogen-bond donors (Lipinski definition) is 0. The zero-order valence-electron chi connectivity index (χ0n) is 30.8. The Labute approximate surface area is 265 Å². The fourth-order valence-corrected chi connectivity index (χ4v) is 7.60. The highest BCUT2D eigenvalue weighted by molar-refractivity contribution is 7.26. The standard InChI is InChI=1S/C42H26S/c1-2-11-28(12-3-1)40-33-15-6-8-17-35(33)41(36-18-9-7-16-34(36)40)29-23-21-27(22-24-29)32-19-10-20-37-38-25-30-13-4-5-14-31(30)26-39(38)43-42(32)37/h1-26H/i6D,7D,8D,9D,15D,16D,17D,18D. The van der Waals surface area contributed by atoms with Gasteiger partial charge in [-0.05, 0) is 77.8 Å². The molecule has 0 amide bonds. The molecule has 1 aromatic heterocycles. The van der Waals surface area contributed by atoms with Crippen LogP contribution in [0.3, 0.4) is 0 Å². The van der Waals surface area contributed by atoms with E-state index in [-0.39, 0.29) is 45.7 Å². The van der Waals surface area contributed by atoms with E-state index in [1.165, 1.54) is 26.2 Å². The molecular weight excluding hydrogens is 537 g/mol. The highest BCUT2D eigenvalue weighted by Gasteiger charge is 2.17. The number of thiophene rings is 1. The van der Waals surface area contributed by atoms with Crippen LogP contribution >= 0.6 is 11.3 Å². The van der Waals surface area contributed by atoms with Gasteiger partial charge in [-0.15, -0.1) is 11.3 Å².